The monoisotopic (exact) mass is 411 g/mol. The van der Waals surface area contributed by atoms with Crippen LogP contribution in [0.4, 0.5) is 17.2 Å². The van der Waals surface area contributed by atoms with Gasteiger partial charge in [0.25, 0.3) is 0 Å². The fourth-order valence-electron chi connectivity index (χ4n) is 3.42. The maximum Gasteiger partial charge on any atom is 0.198 e. The summed E-state index contributed by atoms with van der Waals surface area (Å²) in [7, 11) is 0. The van der Waals surface area contributed by atoms with E-state index in [1.807, 2.05) is 13.0 Å². The molecular weight excluding hydrogens is 390 g/mol. The number of nitrogen functional groups attached to an aromatic ring is 1. The van der Waals surface area contributed by atoms with Gasteiger partial charge in [-0.3, -0.25) is 14.9 Å². The molecule has 0 saturated carbocycles. The van der Waals surface area contributed by atoms with Crippen LogP contribution in [0.15, 0.2) is 36.5 Å². The quantitative estimate of drug-likeness (QED) is 0.543. The smallest absolute Gasteiger partial charge is 0.198 e. The minimum Gasteiger partial charge on any atom is -0.394 e. The lowest BCUT2D eigenvalue weighted by Crippen LogP contribution is -2.16. The Morgan fingerprint density at radius 3 is 2.72 bits per heavy atom. The van der Waals surface area contributed by atoms with Gasteiger partial charge in [-0.15, -0.1) is 0 Å². The van der Waals surface area contributed by atoms with Crippen molar-refractivity contribution in [2.75, 3.05) is 24.3 Å². The summed E-state index contributed by atoms with van der Waals surface area (Å²) in [6.45, 7) is 3.26. The maximum absolute atomic E-state index is 13.2. The van der Waals surface area contributed by atoms with Gasteiger partial charge in [-0.05, 0) is 38.0 Å². The number of pyridine rings is 1. The lowest BCUT2D eigenvalue weighted by molar-refractivity contribution is 0.0845. The molecule has 3 heterocycles. The Kier molecular flexibility index (Phi) is 5.51. The number of nitrogens with zero attached hydrogens (tertiary/aromatic N) is 2. The number of rotatable bonds is 5. The number of H-pyrrole nitrogens is 1. The number of nitrogens with two attached hydrogens (primary N) is 1. The third-order valence-corrected chi connectivity index (χ3v) is 5.50. The molecule has 7 nitrogen and oxygen atoms in total. The first-order valence-electron chi connectivity index (χ1n) is 9.49. The number of ether oxygens (including phenoxy) is 1. The van der Waals surface area contributed by atoms with Crippen LogP contribution in [0, 0.1) is 6.92 Å². The van der Waals surface area contributed by atoms with E-state index in [-0.39, 0.29) is 11.7 Å². The van der Waals surface area contributed by atoms with E-state index in [0.717, 1.165) is 24.2 Å². The van der Waals surface area contributed by atoms with Crippen molar-refractivity contribution in [3.05, 3.63) is 64.1 Å². The van der Waals surface area contributed by atoms with Crippen LogP contribution >= 0.6 is 11.6 Å². The molecule has 0 unspecified atom stereocenters. The van der Waals surface area contributed by atoms with Crippen molar-refractivity contribution in [2.45, 2.75) is 25.7 Å². The highest BCUT2D eigenvalue weighted by molar-refractivity contribution is 6.35. The third-order valence-electron chi connectivity index (χ3n) is 5.18. The number of hydrogen-bond acceptors (Lipinski definition) is 6. The van der Waals surface area contributed by atoms with E-state index in [9.17, 15) is 4.79 Å². The molecule has 150 valence electrons. The van der Waals surface area contributed by atoms with Crippen molar-refractivity contribution >= 4 is 34.6 Å². The summed E-state index contributed by atoms with van der Waals surface area (Å²) in [5.74, 6) is 0.543. The number of ketones is 1. The molecule has 2 aromatic heterocycles. The van der Waals surface area contributed by atoms with E-state index < -0.39 is 0 Å². The van der Waals surface area contributed by atoms with Gasteiger partial charge in [0.15, 0.2) is 11.6 Å². The number of carbonyl (C=O) groups excluding carboxylic acids is 1. The van der Waals surface area contributed by atoms with Crippen LogP contribution in [0.1, 0.15) is 46.1 Å². The Morgan fingerprint density at radius 1 is 1.28 bits per heavy atom. The number of aryl methyl sites for hydroxylation is 1. The fourth-order valence-corrected chi connectivity index (χ4v) is 3.65. The molecule has 0 amide bonds. The van der Waals surface area contributed by atoms with Crippen LogP contribution < -0.4 is 11.1 Å². The predicted octanol–water partition coefficient (Wildman–Crippen LogP) is 4.22. The fraction of sp³-hybridized carbons (Fsp3) is 0.286. The van der Waals surface area contributed by atoms with Gasteiger partial charge in [0.05, 0.1) is 27.7 Å². The predicted molar refractivity (Wildman–Crippen MR) is 113 cm³/mol. The molecule has 1 aromatic carbocycles. The number of aromatic nitrogens is 3. The van der Waals surface area contributed by atoms with Gasteiger partial charge in [0.1, 0.15) is 0 Å². The highest BCUT2D eigenvalue weighted by atomic mass is 35.5. The Hall–Kier alpha value is -2.90. The molecule has 8 heteroatoms. The lowest BCUT2D eigenvalue weighted by atomic mass is 9.94. The van der Waals surface area contributed by atoms with E-state index in [1.165, 1.54) is 0 Å². The summed E-state index contributed by atoms with van der Waals surface area (Å²) >= 11 is 6.25. The lowest BCUT2D eigenvalue weighted by Gasteiger charge is -2.22. The second-order valence-corrected chi connectivity index (χ2v) is 7.49. The van der Waals surface area contributed by atoms with E-state index in [0.29, 0.717) is 46.6 Å². The Balaban J connectivity index is 1.76. The largest absolute Gasteiger partial charge is 0.394 e. The van der Waals surface area contributed by atoms with Crippen molar-refractivity contribution in [2.24, 2.45) is 0 Å². The van der Waals surface area contributed by atoms with Crippen LogP contribution in [-0.2, 0) is 4.74 Å². The molecule has 1 aliphatic heterocycles. The van der Waals surface area contributed by atoms with Gasteiger partial charge in [-0.1, -0.05) is 23.7 Å². The summed E-state index contributed by atoms with van der Waals surface area (Å²) in [5, 5.41) is 10.7. The number of anilines is 3. The van der Waals surface area contributed by atoms with Gasteiger partial charge in [0.2, 0.25) is 0 Å². The zero-order valence-corrected chi connectivity index (χ0v) is 16.8. The molecule has 4 N–H and O–H groups in total. The first-order valence-corrected chi connectivity index (χ1v) is 9.86. The van der Waals surface area contributed by atoms with Crippen molar-refractivity contribution < 1.29 is 9.53 Å². The van der Waals surface area contributed by atoms with Crippen molar-refractivity contribution in [3.63, 3.8) is 0 Å². The van der Waals surface area contributed by atoms with Crippen LogP contribution in [0.25, 0.3) is 0 Å². The number of halogens is 1. The highest BCUT2D eigenvalue weighted by Gasteiger charge is 2.23. The standard InChI is InChI=1S/C21H22ClN5O2/c1-12-19(23)21(27-26-12)25-18-10-17(13-6-8-29-9-7-13)24-11-15(18)20(28)14-4-2-3-5-16(14)22/h2-5,10-11,13H,6-9,23H2,1H3,(H2,24,25,26,27). The zero-order chi connectivity index (χ0) is 20.4. The molecule has 3 aromatic rings. The van der Waals surface area contributed by atoms with Gasteiger partial charge >= 0.3 is 0 Å². The molecule has 0 aliphatic carbocycles. The molecule has 4 rings (SSSR count). The van der Waals surface area contributed by atoms with Gasteiger partial charge < -0.3 is 15.8 Å². The van der Waals surface area contributed by atoms with E-state index in [1.54, 1.807) is 30.5 Å². The second-order valence-electron chi connectivity index (χ2n) is 7.09. The highest BCUT2D eigenvalue weighted by Crippen LogP contribution is 2.32. The van der Waals surface area contributed by atoms with Crippen molar-refractivity contribution in [1.82, 2.24) is 15.2 Å². The normalized spacial score (nSPS) is 14.7. The van der Waals surface area contributed by atoms with E-state index >= 15 is 0 Å². The SMILES string of the molecule is Cc1[nH]nc(Nc2cc(C3CCOCC3)ncc2C(=O)c2ccccc2Cl)c1N. The molecule has 0 bridgehead atoms. The molecular formula is C21H22ClN5O2. The molecule has 1 fully saturated rings. The molecule has 1 aliphatic rings. The second kappa shape index (κ2) is 8.23. The summed E-state index contributed by atoms with van der Waals surface area (Å²) in [4.78, 5) is 17.8. The van der Waals surface area contributed by atoms with Crippen LogP contribution in [0.3, 0.4) is 0 Å². The average molecular weight is 412 g/mol. The summed E-state index contributed by atoms with van der Waals surface area (Å²) in [5.41, 5.74) is 9.71. The third kappa shape index (κ3) is 3.97. The van der Waals surface area contributed by atoms with Crippen LogP contribution in [0.5, 0.6) is 0 Å². The molecule has 29 heavy (non-hydrogen) atoms. The Labute approximate surface area is 173 Å². The minimum atomic E-state index is -0.213. The van der Waals surface area contributed by atoms with Crippen molar-refractivity contribution in [3.8, 4) is 0 Å². The first kappa shape index (κ1) is 19.4. The Morgan fingerprint density at radius 2 is 2.03 bits per heavy atom. The summed E-state index contributed by atoms with van der Waals surface area (Å²) < 4.78 is 5.46. The Bertz CT molecular complexity index is 1040. The first-order chi connectivity index (χ1) is 14.0. The molecule has 0 spiro atoms. The van der Waals surface area contributed by atoms with Gasteiger partial charge in [-0.2, -0.15) is 5.10 Å². The molecule has 0 atom stereocenters. The molecule has 1 saturated heterocycles. The number of aromatic amines is 1. The van der Waals surface area contributed by atoms with E-state index in [2.05, 4.69) is 20.5 Å². The number of benzene rings is 1. The average Bonchev–Trinajstić information content (AvgIpc) is 3.06. The van der Waals surface area contributed by atoms with Crippen LogP contribution in [0.2, 0.25) is 5.02 Å². The van der Waals surface area contributed by atoms with Crippen LogP contribution in [-0.4, -0.2) is 34.2 Å². The van der Waals surface area contributed by atoms with Crippen molar-refractivity contribution in [1.29, 1.82) is 0 Å². The summed E-state index contributed by atoms with van der Waals surface area (Å²) in [6, 6.07) is 8.88. The van der Waals surface area contributed by atoms with Gasteiger partial charge in [0, 0.05) is 36.6 Å². The van der Waals surface area contributed by atoms with Gasteiger partial charge in [-0.25, -0.2) is 0 Å². The number of hydrogen-bond donors (Lipinski definition) is 3. The topological polar surface area (TPSA) is 106 Å². The van der Waals surface area contributed by atoms with E-state index in [4.69, 9.17) is 22.1 Å². The maximum atomic E-state index is 13.2. The number of carbonyl (C=O) groups is 1. The number of nitrogens with one attached hydrogen (secondary N) is 2. The molecule has 0 radical (unpaired) electrons. The summed E-state index contributed by atoms with van der Waals surface area (Å²) in [6.07, 6.45) is 3.40. The zero-order valence-electron chi connectivity index (χ0n) is 16.0. The minimum absolute atomic E-state index is 0.213.